The van der Waals surface area contributed by atoms with E-state index in [0.29, 0.717) is 11.9 Å². The number of rotatable bonds is 6. The molecule has 1 unspecified atom stereocenters. The molecule has 0 spiro atoms. The molecule has 3 heterocycles. The number of aromatic amines is 1. The average Bonchev–Trinajstić information content (AvgIpc) is 3.31. The van der Waals surface area contributed by atoms with Crippen LogP contribution in [0.1, 0.15) is 36.6 Å². The van der Waals surface area contributed by atoms with Crippen molar-refractivity contribution in [1.82, 2.24) is 20.1 Å². The van der Waals surface area contributed by atoms with E-state index in [9.17, 15) is 0 Å². The second-order valence-electron chi connectivity index (χ2n) is 6.95. The topological polar surface area (TPSA) is 70.8 Å². The predicted octanol–water partition coefficient (Wildman–Crippen LogP) is 3.82. The fourth-order valence-electron chi connectivity index (χ4n) is 3.95. The van der Waals surface area contributed by atoms with Crippen LogP contribution in [0.4, 0.5) is 5.82 Å². The summed E-state index contributed by atoms with van der Waals surface area (Å²) in [7, 11) is 0. The van der Waals surface area contributed by atoms with Gasteiger partial charge in [0.05, 0.1) is 17.9 Å². The molecule has 5 heteroatoms. The van der Waals surface area contributed by atoms with Crippen LogP contribution in [0.15, 0.2) is 54.9 Å². The van der Waals surface area contributed by atoms with Gasteiger partial charge in [-0.3, -0.25) is 10.00 Å². The number of likely N-dealkylation sites (tertiary alicyclic amines) is 1. The van der Waals surface area contributed by atoms with Crippen molar-refractivity contribution < 1.29 is 0 Å². The Hall–Kier alpha value is -2.66. The van der Waals surface area contributed by atoms with Gasteiger partial charge in [0.1, 0.15) is 5.82 Å². The van der Waals surface area contributed by atoms with Crippen LogP contribution >= 0.6 is 0 Å². The monoisotopic (exact) mass is 347 g/mol. The maximum Gasteiger partial charge on any atom is 0.123 e. The van der Waals surface area contributed by atoms with Gasteiger partial charge < -0.3 is 5.73 Å². The molecule has 1 saturated heterocycles. The number of nitrogens with one attached hydrogen (secondary N) is 1. The van der Waals surface area contributed by atoms with Crippen LogP contribution in [0.5, 0.6) is 0 Å². The summed E-state index contributed by atoms with van der Waals surface area (Å²) in [5, 5.41) is 7.57. The van der Waals surface area contributed by atoms with Gasteiger partial charge in [-0.1, -0.05) is 30.3 Å². The number of nitrogen functional groups attached to an aromatic ring is 1. The SMILES string of the molecule is Nc1cc(-c2cn[nH]c2C2CCCN2CCCc2ccccc2)ccn1. The molecule has 0 saturated carbocycles. The summed E-state index contributed by atoms with van der Waals surface area (Å²) in [6, 6.07) is 15.0. The molecular weight excluding hydrogens is 322 g/mol. The van der Waals surface area contributed by atoms with Gasteiger partial charge in [0.2, 0.25) is 0 Å². The number of pyridine rings is 1. The fraction of sp³-hybridized carbons (Fsp3) is 0.333. The minimum absolute atomic E-state index is 0.401. The zero-order valence-corrected chi connectivity index (χ0v) is 14.9. The Balaban J connectivity index is 1.46. The van der Waals surface area contributed by atoms with E-state index in [1.54, 1.807) is 6.20 Å². The first-order valence-electron chi connectivity index (χ1n) is 9.34. The molecule has 4 rings (SSSR count). The van der Waals surface area contributed by atoms with Crippen LogP contribution in [0.3, 0.4) is 0 Å². The number of aromatic nitrogens is 3. The van der Waals surface area contributed by atoms with E-state index >= 15 is 0 Å². The van der Waals surface area contributed by atoms with Crippen molar-refractivity contribution in [2.75, 3.05) is 18.8 Å². The number of hydrogen-bond donors (Lipinski definition) is 2. The van der Waals surface area contributed by atoms with Crippen molar-refractivity contribution in [3.8, 4) is 11.1 Å². The van der Waals surface area contributed by atoms with E-state index in [4.69, 9.17) is 5.73 Å². The summed E-state index contributed by atoms with van der Waals surface area (Å²) in [5.74, 6) is 0.542. The molecule has 1 atom stereocenters. The summed E-state index contributed by atoms with van der Waals surface area (Å²) in [6.45, 7) is 2.26. The molecule has 0 amide bonds. The van der Waals surface area contributed by atoms with Crippen molar-refractivity contribution in [3.63, 3.8) is 0 Å². The van der Waals surface area contributed by atoms with Crippen LogP contribution in [-0.2, 0) is 6.42 Å². The number of H-pyrrole nitrogens is 1. The Bertz CT molecular complexity index is 842. The Morgan fingerprint density at radius 3 is 2.92 bits per heavy atom. The number of nitrogens with zero attached hydrogens (tertiary/aromatic N) is 3. The Morgan fingerprint density at radius 1 is 1.19 bits per heavy atom. The minimum Gasteiger partial charge on any atom is -0.384 e. The fourth-order valence-corrected chi connectivity index (χ4v) is 3.95. The first-order valence-corrected chi connectivity index (χ1v) is 9.34. The summed E-state index contributed by atoms with van der Waals surface area (Å²) in [5.41, 5.74) is 10.7. The zero-order chi connectivity index (χ0) is 17.8. The standard InChI is InChI=1S/C21H25N5/c22-20-14-17(10-11-23-20)18-15-24-25-21(18)19-9-5-13-26(19)12-4-8-16-6-2-1-3-7-16/h1-3,6-7,10-11,14-15,19H,4-5,8-9,12-13H2,(H2,22,23)(H,24,25). The van der Waals surface area contributed by atoms with E-state index in [-0.39, 0.29) is 0 Å². The van der Waals surface area contributed by atoms with Crippen molar-refractivity contribution in [3.05, 3.63) is 66.1 Å². The average molecular weight is 347 g/mol. The molecule has 1 fully saturated rings. The summed E-state index contributed by atoms with van der Waals surface area (Å²) >= 11 is 0. The predicted molar refractivity (Wildman–Crippen MR) is 105 cm³/mol. The molecule has 0 bridgehead atoms. The summed E-state index contributed by atoms with van der Waals surface area (Å²) in [4.78, 5) is 6.69. The lowest BCUT2D eigenvalue weighted by molar-refractivity contribution is 0.250. The molecule has 1 aliphatic heterocycles. The number of hydrogen-bond acceptors (Lipinski definition) is 4. The lowest BCUT2D eigenvalue weighted by Gasteiger charge is -2.24. The van der Waals surface area contributed by atoms with E-state index in [1.165, 1.54) is 30.5 Å². The second-order valence-corrected chi connectivity index (χ2v) is 6.95. The van der Waals surface area contributed by atoms with Crippen LogP contribution in [0, 0.1) is 0 Å². The quantitative estimate of drug-likeness (QED) is 0.711. The molecule has 1 aliphatic rings. The molecular formula is C21H25N5. The van der Waals surface area contributed by atoms with Gasteiger partial charge in [-0.05, 0) is 62.0 Å². The van der Waals surface area contributed by atoms with E-state index in [0.717, 1.165) is 30.6 Å². The van der Waals surface area contributed by atoms with E-state index in [1.807, 2.05) is 18.3 Å². The van der Waals surface area contributed by atoms with Crippen LogP contribution in [-0.4, -0.2) is 33.2 Å². The maximum atomic E-state index is 5.86. The molecule has 134 valence electrons. The highest BCUT2D eigenvalue weighted by Gasteiger charge is 2.29. The number of aryl methyl sites for hydroxylation is 1. The normalized spacial score (nSPS) is 17.6. The lowest BCUT2D eigenvalue weighted by atomic mass is 10.0. The van der Waals surface area contributed by atoms with Crippen LogP contribution in [0.2, 0.25) is 0 Å². The van der Waals surface area contributed by atoms with Crippen molar-refractivity contribution in [2.45, 2.75) is 31.7 Å². The molecule has 2 aromatic heterocycles. The molecule has 26 heavy (non-hydrogen) atoms. The van der Waals surface area contributed by atoms with Gasteiger partial charge in [-0.15, -0.1) is 0 Å². The van der Waals surface area contributed by atoms with E-state index < -0.39 is 0 Å². The number of nitrogens with two attached hydrogens (primary N) is 1. The van der Waals surface area contributed by atoms with Crippen LogP contribution < -0.4 is 5.73 Å². The third kappa shape index (κ3) is 3.63. The molecule has 5 nitrogen and oxygen atoms in total. The highest BCUT2D eigenvalue weighted by molar-refractivity contribution is 5.67. The Kier molecular flexibility index (Phi) is 4.97. The maximum absolute atomic E-state index is 5.86. The highest BCUT2D eigenvalue weighted by atomic mass is 15.2. The highest BCUT2D eigenvalue weighted by Crippen LogP contribution is 2.36. The Labute approximate surface area is 154 Å². The van der Waals surface area contributed by atoms with Gasteiger partial charge in [-0.2, -0.15) is 5.10 Å². The Morgan fingerprint density at radius 2 is 2.08 bits per heavy atom. The molecule has 1 aromatic carbocycles. The summed E-state index contributed by atoms with van der Waals surface area (Å²) in [6.07, 6.45) is 8.36. The van der Waals surface area contributed by atoms with Crippen molar-refractivity contribution >= 4 is 5.82 Å². The van der Waals surface area contributed by atoms with Gasteiger partial charge >= 0.3 is 0 Å². The number of benzene rings is 1. The van der Waals surface area contributed by atoms with E-state index in [2.05, 4.69) is 50.4 Å². The van der Waals surface area contributed by atoms with Gasteiger partial charge in [-0.25, -0.2) is 4.98 Å². The lowest BCUT2D eigenvalue weighted by Crippen LogP contribution is -2.25. The third-order valence-corrected chi connectivity index (χ3v) is 5.21. The van der Waals surface area contributed by atoms with Gasteiger partial charge in [0, 0.05) is 11.8 Å². The van der Waals surface area contributed by atoms with Crippen molar-refractivity contribution in [2.24, 2.45) is 0 Å². The van der Waals surface area contributed by atoms with Crippen LogP contribution in [0.25, 0.3) is 11.1 Å². The second kappa shape index (κ2) is 7.70. The van der Waals surface area contributed by atoms with Gasteiger partial charge in [0.25, 0.3) is 0 Å². The number of anilines is 1. The minimum atomic E-state index is 0.401. The largest absolute Gasteiger partial charge is 0.384 e. The zero-order valence-electron chi connectivity index (χ0n) is 14.9. The molecule has 3 N–H and O–H groups in total. The first-order chi connectivity index (χ1) is 12.8. The first kappa shape index (κ1) is 16.8. The molecule has 0 radical (unpaired) electrons. The third-order valence-electron chi connectivity index (χ3n) is 5.21. The smallest absolute Gasteiger partial charge is 0.123 e. The molecule has 3 aromatic rings. The summed E-state index contributed by atoms with van der Waals surface area (Å²) < 4.78 is 0. The molecule has 0 aliphatic carbocycles. The van der Waals surface area contributed by atoms with Crippen molar-refractivity contribution in [1.29, 1.82) is 0 Å². The van der Waals surface area contributed by atoms with Gasteiger partial charge in [0.15, 0.2) is 0 Å².